The van der Waals surface area contributed by atoms with Crippen LogP contribution in [0.5, 0.6) is 0 Å². The summed E-state index contributed by atoms with van der Waals surface area (Å²) in [6.07, 6.45) is 9.01. The molecule has 0 radical (unpaired) electrons. The average Bonchev–Trinajstić information content (AvgIpc) is 3.52. The van der Waals surface area contributed by atoms with Gasteiger partial charge in [0.25, 0.3) is 0 Å². The fourth-order valence-corrected chi connectivity index (χ4v) is 6.95. The largest absolute Gasteiger partial charge is 0.329 e. The van der Waals surface area contributed by atoms with Crippen molar-refractivity contribution in [2.75, 3.05) is 38.5 Å². The number of imidazole rings is 1. The highest BCUT2D eigenvalue weighted by molar-refractivity contribution is 7.91. The molecule has 0 saturated carbocycles. The number of hydrazone groups is 1. The van der Waals surface area contributed by atoms with Gasteiger partial charge in [-0.3, -0.25) is 9.41 Å². The second-order valence-corrected chi connectivity index (χ2v) is 11.5. The van der Waals surface area contributed by atoms with Crippen LogP contribution in [0.3, 0.4) is 0 Å². The number of anilines is 2. The maximum atomic E-state index is 12.6. The van der Waals surface area contributed by atoms with Crippen LogP contribution >= 0.6 is 11.3 Å². The number of aryl methyl sites for hydroxylation is 1. The van der Waals surface area contributed by atoms with Crippen LogP contribution in [0.15, 0.2) is 33.8 Å². The zero-order valence-corrected chi connectivity index (χ0v) is 21.0. The van der Waals surface area contributed by atoms with Crippen molar-refractivity contribution in [3.63, 3.8) is 0 Å². The van der Waals surface area contributed by atoms with Crippen molar-refractivity contribution >= 4 is 49.6 Å². The fourth-order valence-electron chi connectivity index (χ4n) is 4.27. The molecule has 12 heteroatoms. The Hall–Kier alpha value is -2.80. The Morgan fingerprint density at radius 2 is 2.21 bits per heavy atom. The van der Waals surface area contributed by atoms with Gasteiger partial charge in [-0.25, -0.2) is 23.1 Å². The third-order valence-electron chi connectivity index (χ3n) is 5.85. The van der Waals surface area contributed by atoms with Gasteiger partial charge in [-0.1, -0.05) is 13.0 Å². The number of nitrogens with zero attached hydrogens (tertiary/aromatic N) is 5. The molecule has 0 amide bonds. The van der Waals surface area contributed by atoms with Gasteiger partial charge >= 0.3 is 0 Å². The number of nitrogens with one attached hydrogen (secondary N) is 3. The Morgan fingerprint density at radius 3 is 2.91 bits per heavy atom. The van der Waals surface area contributed by atoms with E-state index in [1.165, 1.54) is 11.3 Å². The number of aromatic nitrogens is 3. The minimum absolute atomic E-state index is 0.127. The van der Waals surface area contributed by atoms with Gasteiger partial charge in [0.1, 0.15) is 4.21 Å². The third kappa shape index (κ3) is 4.33. The summed E-state index contributed by atoms with van der Waals surface area (Å²) < 4.78 is 30.1. The van der Waals surface area contributed by atoms with E-state index in [0.717, 1.165) is 43.0 Å². The zero-order chi connectivity index (χ0) is 23.9. The lowest BCUT2D eigenvalue weighted by Gasteiger charge is -2.17. The monoisotopic (exact) mass is 500 g/mol. The summed E-state index contributed by atoms with van der Waals surface area (Å²) in [7, 11) is -1.59. The standard InChI is InChI=1S/C22H28N8O2S2/c1-4-26-34(31,32)22-14(2)8-19(33-22)28-20-21-24-11-18(16-10-25-29(3)12-16)30(21)13-17(27-20)15-6-5-7-23-9-15/h6,8,10-11,13,16,23,26H,4-5,7,9,12H2,1-3H3,(H,27,28). The first kappa shape index (κ1) is 23.0. The number of thiophene rings is 1. The van der Waals surface area contributed by atoms with E-state index in [2.05, 4.69) is 35.9 Å². The smallest absolute Gasteiger partial charge is 0.250 e. The molecular formula is C22H28N8O2S2. The number of rotatable bonds is 7. The average molecular weight is 501 g/mol. The molecule has 180 valence electrons. The molecule has 34 heavy (non-hydrogen) atoms. The Balaban J connectivity index is 1.58. The summed E-state index contributed by atoms with van der Waals surface area (Å²) in [6, 6.07) is 1.84. The van der Waals surface area contributed by atoms with E-state index < -0.39 is 10.0 Å². The summed E-state index contributed by atoms with van der Waals surface area (Å²) in [4.78, 5) is 9.58. The maximum absolute atomic E-state index is 12.6. The van der Waals surface area contributed by atoms with Gasteiger partial charge in [-0.05, 0) is 37.1 Å². The van der Waals surface area contributed by atoms with Gasteiger partial charge in [-0.15, -0.1) is 11.3 Å². The SMILES string of the molecule is CCNS(=O)(=O)c1sc(Nc2nc(C3=CCCNC3)cn3c(C4C=NN(C)C4)cnc23)cc1C. The van der Waals surface area contributed by atoms with Crippen LogP contribution in [0.1, 0.15) is 36.2 Å². The van der Waals surface area contributed by atoms with Gasteiger partial charge in [0, 0.05) is 39.1 Å². The summed E-state index contributed by atoms with van der Waals surface area (Å²) in [6.45, 7) is 6.39. The van der Waals surface area contributed by atoms with Gasteiger partial charge in [-0.2, -0.15) is 5.10 Å². The van der Waals surface area contributed by atoms with E-state index in [-0.39, 0.29) is 5.92 Å². The Bertz CT molecular complexity index is 1390. The van der Waals surface area contributed by atoms with Gasteiger partial charge in [0.15, 0.2) is 11.5 Å². The van der Waals surface area contributed by atoms with E-state index in [9.17, 15) is 8.42 Å². The minimum atomic E-state index is -3.54. The highest BCUT2D eigenvalue weighted by atomic mass is 32.2. The van der Waals surface area contributed by atoms with Gasteiger partial charge < -0.3 is 10.6 Å². The molecule has 0 bridgehead atoms. The molecule has 2 aliphatic rings. The van der Waals surface area contributed by atoms with Crippen molar-refractivity contribution in [2.45, 2.75) is 30.4 Å². The molecule has 0 saturated heterocycles. The molecule has 3 aromatic rings. The quantitative estimate of drug-likeness (QED) is 0.457. The zero-order valence-electron chi connectivity index (χ0n) is 19.4. The van der Waals surface area contributed by atoms with Crippen molar-refractivity contribution in [1.29, 1.82) is 0 Å². The number of hydrogen-bond donors (Lipinski definition) is 3. The Labute approximate surface area is 202 Å². The molecule has 0 aliphatic carbocycles. The number of fused-ring (bicyclic) bond motifs is 1. The van der Waals surface area contributed by atoms with Crippen molar-refractivity contribution in [3.05, 3.63) is 41.5 Å². The van der Waals surface area contributed by atoms with Crippen LogP contribution in [-0.2, 0) is 10.0 Å². The Kier molecular flexibility index (Phi) is 6.15. The van der Waals surface area contributed by atoms with Crippen LogP contribution in [0.4, 0.5) is 10.8 Å². The molecule has 0 aromatic carbocycles. The van der Waals surface area contributed by atoms with Crippen molar-refractivity contribution < 1.29 is 8.42 Å². The molecule has 3 N–H and O–H groups in total. The predicted octanol–water partition coefficient (Wildman–Crippen LogP) is 2.53. The molecule has 0 fully saturated rings. The normalized spacial score (nSPS) is 18.6. The number of sulfonamides is 1. The van der Waals surface area contributed by atoms with Gasteiger partial charge in [0.05, 0.1) is 28.5 Å². The molecule has 5 heterocycles. The molecule has 1 atom stereocenters. The number of likely N-dealkylation sites (N-methyl/N-ethyl adjacent to an activating group) is 1. The summed E-state index contributed by atoms with van der Waals surface area (Å²) >= 11 is 1.19. The predicted molar refractivity (Wildman–Crippen MR) is 136 cm³/mol. The first-order valence-electron chi connectivity index (χ1n) is 11.3. The second-order valence-electron chi connectivity index (χ2n) is 8.46. The first-order valence-corrected chi connectivity index (χ1v) is 13.6. The van der Waals surface area contributed by atoms with Crippen LogP contribution < -0.4 is 15.4 Å². The van der Waals surface area contributed by atoms with E-state index in [1.807, 2.05) is 36.7 Å². The minimum Gasteiger partial charge on any atom is -0.329 e. The molecule has 10 nitrogen and oxygen atoms in total. The van der Waals surface area contributed by atoms with Gasteiger partial charge in [0.2, 0.25) is 10.0 Å². The van der Waals surface area contributed by atoms with Crippen LogP contribution in [0, 0.1) is 6.92 Å². The molecule has 5 rings (SSSR count). The summed E-state index contributed by atoms with van der Waals surface area (Å²) in [5, 5.41) is 13.8. The van der Waals surface area contributed by atoms with Crippen molar-refractivity contribution in [3.8, 4) is 0 Å². The van der Waals surface area contributed by atoms with E-state index >= 15 is 0 Å². The van der Waals surface area contributed by atoms with Crippen LogP contribution in [0.25, 0.3) is 11.2 Å². The highest BCUT2D eigenvalue weighted by Gasteiger charge is 2.24. The third-order valence-corrected chi connectivity index (χ3v) is 9.19. The summed E-state index contributed by atoms with van der Waals surface area (Å²) in [5.41, 5.74) is 4.41. The van der Waals surface area contributed by atoms with E-state index in [0.29, 0.717) is 32.8 Å². The highest BCUT2D eigenvalue weighted by Crippen LogP contribution is 2.34. The lowest BCUT2D eigenvalue weighted by molar-refractivity contribution is 0.380. The maximum Gasteiger partial charge on any atom is 0.250 e. The summed E-state index contributed by atoms with van der Waals surface area (Å²) in [5.74, 6) is 0.717. The van der Waals surface area contributed by atoms with E-state index in [1.54, 1.807) is 13.8 Å². The van der Waals surface area contributed by atoms with Crippen LogP contribution in [0.2, 0.25) is 0 Å². The molecule has 1 unspecified atom stereocenters. The molecular weight excluding hydrogens is 472 g/mol. The number of hydrogen-bond acceptors (Lipinski definition) is 9. The fraction of sp³-hybridized carbons (Fsp3) is 0.409. The molecule has 2 aliphatic heterocycles. The Morgan fingerprint density at radius 1 is 1.35 bits per heavy atom. The lowest BCUT2D eigenvalue weighted by atomic mass is 10.1. The first-order chi connectivity index (χ1) is 16.4. The van der Waals surface area contributed by atoms with Crippen LogP contribution in [-0.4, -0.2) is 67.2 Å². The van der Waals surface area contributed by atoms with Crippen molar-refractivity contribution in [1.82, 2.24) is 29.4 Å². The topological polar surface area (TPSA) is 116 Å². The second kappa shape index (κ2) is 9.10. The molecule has 0 spiro atoms. The van der Waals surface area contributed by atoms with Crippen molar-refractivity contribution in [2.24, 2.45) is 5.10 Å². The molecule has 3 aromatic heterocycles. The van der Waals surface area contributed by atoms with E-state index in [4.69, 9.17) is 4.98 Å². The lowest BCUT2D eigenvalue weighted by Crippen LogP contribution is -2.22.